The third-order valence-electron chi connectivity index (χ3n) is 2.52. The standard InChI is InChI=1S/C14H15FN2/c1-11-9-12(7-8-14(11)15)10-16-17-13-5-3-2-4-6-13/h2-9,16-17H,10H2,1H3. The lowest BCUT2D eigenvalue weighted by Gasteiger charge is -2.08. The average Bonchev–Trinajstić information content (AvgIpc) is 2.35. The van der Waals surface area contributed by atoms with Gasteiger partial charge in [-0.25, -0.2) is 9.82 Å². The summed E-state index contributed by atoms with van der Waals surface area (Å²) in [6.07, 6.45) is 0. The maximum Gasteiger partial charge on any atom is 0.126 e. The van der Waals surface area contributed by atoms with Crippen LogP contribution in [0.5, 0.6) is 0 Å². The second-order valence-corrected chi connectivity index (χ2v) is 3.93. The molecular formula is C14H15FN2. The summed E-state index contributed by atoms with van der Waals surface area (Å²) in [5, 5.41) is 0. The number of benzene rings is 2. The third kappa shape index (κ3) is 3.29. The number of aryl methyl sites for hydroxylation is 1. The molecule has 2 N–H and O–H groups in total. The lowest BCUT2D eigenvalue weighted by Crippen LogP contribution is -2.20. The molecule has 0 aromatic heterocycles. The first-order valence-electron chi connectivity index (χ1n) is 5.54. The number of halogens is 1. The number of rotatable bonds is 4. The van der Waals surface area contributed by atoms with Crippen LogP contribution in [0.2, 0.25) is 0 Å². The fourth-order valence-corrected chi connectivity index (χ4v) is 1.59. The van der Waals surface area contributed by atoms with Crippen LogP contribution in [0.15, 0.2) is 48.5 Å². The van der Waals surface area contributed by atoms with E-state index in [1.54, 1.807) is 13.0 Å². The van der Waals surface area contributed by atoms with E-state index in [2.05, 4.69) is 10.9 Å². The minimum atomic E-state index is -0.162. The molecule has 2 aromatic carbocycles. The van der Waals surface area contributed by atoms with Gasteiger partial charge in [-0.15, -0.1) is 0 Å². The molecule has 0 heterocycles. The molecule has 0 spiro atoms. The zero-order valence-corrected chi connectivity index (χ0v) is 9.70. The molecule has 2 rings (SSSR count). The first kappa shape index (κ1) is 11.6. The van der Waals surface area contributed by atoms with Crippen molar-refractivity contribution in [3.05, 3.63) is 65.5 Å². The second kappa shape index (κ2) is 5.46. The Morgan fingerprint density at radius 1 is 1.06 bits per heavy atom. The molecule has 0 bridgehead atoms. The van der Waals surface area contributed by atoms with Gasteiger partial charge in [0.2, 0.25) is 0 Å². The Hall–Kier alpha value is -1.87. The molecule has 0 saturated heterocycles. The average molecular weight is 230 g/mol. The summed E-state index contributed by atoms with van der Waals surface area (Å²) in [5.74, 6) is -0.162. The van der Waals surface area contributed by atoms with Crippen molar-refractivity contribution in [2.45, 2.75) is 13.5 Å². The van der Waals surface area contributed by atoms with Gasteiger partial charge in [-0.1, -0.05) is 30.3 Å². The molecule has 2 aromatic rings. The van der Waals surface area contributed by atoms with Crippen molar-refractivity contribution in [1.29, 1.82) is 0 Å². The van der Waals surface area contributed by atoms with Gasteiger partial charge in [-0.2, -0.15) is 0 Å². The van der Waals surface area contributed by atoms with Crippen LogP contribution in [-0.2, 0) is 6.54 Å². The first-order chi connectivity index (χ1) is 8.25. The van der Waals surface area contributed by atoms with E-state index in [4.69, 9.17) is 0 Å². The topological polar surface area (TPSA) is 24.1 Å². The summed E-state index contributed by atoms with van der Waals surface area (Å²) in [4.78, 5) is 0. The molecule has 0 aliphatic carbocycles. The number of nitrogens with one attached hydrogen (secondary N) is 2. The van der Waals surface area contributed by atoms with Gasteiger partial charge >= 0.3 is 0 Å². The Kier molecular flexibility index (Phi) is 3.73. The third-order valence-corrected chi connectivity index (χ3v) is 2.52. The van der Waals surface area contributed by atoms with E-state index < -0.39 is 0 Å². The van der Waals surface area contributed by atoms with Gasteiger partial charge in [0.05, 0.1) is 0 Å². The molecule has 0 unspecified atom stereocenters. The second-order valence-electron chi connectivity index (χ2n) is 3.93. The van der Waals surface area contributed by atoms with Crippen molar-refractivity contribution in [2.24, 2.45) is 0 Å². The first-order valence-corrected chi connectivity index (χ1v) is 5.54. The number of hydrogen-bond acceptors (Lipinski definition) is 2. The summed E-state index contributed by atoms with van der Waals surface area (Å²) < 4.78 is 13.0. The van der Waals surface area contributed by atoms with Crippen LogP contribution in [0.3, 0.4) is 0 Å². The highest BCUT2D eigenvalue weighted by molar-refractivity contribution is 5.41. The molecule has 0 radical (unpaired) electrons. The molecule has 17 heavy (non-hydrogen) atoms. The Morgan fingerprint density at radius 2 is 1.82 bits per heavy atom. The Bertz CT molecular complexity index is 483. The number of hydrogen-bond donors (Lipinski definition) is 2. The SMILES string of the molecule is Cc1cc(CNNc2ccccc2)ccc1F. The smallest absolute Gasteiger partial charge is 0.126 e. The van der Waals surface area contributed by atoms with Crippen LogP contribution in [0.4, 0.5) is 10.1 Å². The van der Waals surface area contributed by atoms with Gasteiger partial charge in [-0.3, -0.25) is 0 Å². The fourth-order valence-electron chi connectivity index (χ4n) is 1.59. The molecule has 0 aliphatic rings. The maximum atomic E-state index is 13.0. The lowest BCUT2D eigenvalue weighted by molar-refractivity contribution is 0.617. The van der Waals surface area contributed by atoms with E-state index in [9.17, 15) is 4.39 Å². The van der Waals surface area contributed by atoms with E-state index in [-0.39, 0.29) is 5.82 Å². The van der Waals surface area contributed by atoms with Crippen LogP contribution in [0.25, 0.3) is 0 Å². The van der Waals surface area contributed by atoms with Crippen LogP contribution in [0, 0.1) is 12.7 Å². The summed E-state index contributed by atoms with van der Waals surface area (Å²) in [6, 6.07) is 15.0. The predicted molar refractivity (Wildman–Crippen MR) is 68.0 cm³/mol. The summed E-state index contributed by atoms with van der Waals surface area (Å²) in [6.45, 7) is 2.42. The quantitative estimate of drug-likeness (QED) is 0.788. The van der Waals surface area contributed by atoms with Crippen molar-refractivity contribution in [3.63, 3.8) is 0 Å². The lowest BCUT2D eigenvalue weighted by atomic mass is 10.1. The van der Waals surface area contributed by atoms with Crippen molar-refractivity contribution < 1.29 is 4.39 Å². The molecular weight excluding hydrogens is 215 g/mol. The monoisotopic (exact) mass is 230 g/mol. The summed E-state index contributed by atoms with van der Waals surface area (Å²) >= 11 is 0. The molecule has 0 amide bonds. The van der Waals surface area contributed by atoms with E-state index >= 15 is 0 Å². The van der Waals surface area contributed by atoms with Crippen LogP contribution in [-0.4, -0.2) is 0 Å². The van der Waals surface area contributed by atoms with Crippen molar-refractivity contribution >= 4 is 5.69 Å². The zero-order chi connectivity index (χ0) is 12.1. The summed E-state index contributed by atoms with van der Waals surface area (Å²) in [5.41, 5.74) is 8.90. The summed E-state index contributed by atoms with van der Waals surface area (Å²) in [7, 11) is 0. The molecule has 2 nitrogen and oxygen atoms in total. The number of para-hydroxylation sites is 1. The number of anilines is 1. The highest BCUT2D eigenvalue weighted by Gasteiger charge is 1.98. The largest absolute Gasteiger partial charge is 0.321 e. The normalized spacial score (nSPS) is 10.2. The number of hydrazine groups is 1. The van der Waals surface area contributed by atoms with Crippen LogP contribution < -0.4 is 10.9 Å². The minimum absolute atomic E-state index is 0.162. The minimum Gasteiger partial charge on any atom is -0.321 e. The van der Waals surface area contributed by atoms with Crippen molar-refractivity contribution in [1.82, 2.24) is 5.43 Å². The Balaban J connectivity index is 1.88. The molecule has 0 aliphatic heterocycles. The van der Waals surface area contributed by atoms with Gasteiger partial charge in [0, 0.05) is 12.2 Å². The van der Waals surface area contributed by atoms with E-state index in [0.29, 0.717) is 12.1 Å². The molecule has 3 heteroatoms. The molecule has 0 saturated carbocycles. The molecule has 88 valence electrons. The highest BCUT2D eigenvalue weighted by atomic mass is 19.1. The van der Waals surface area contributed by atoms with Crippen molar-refractivity contribution in [2.75, 3.05) is 5.43 Å². The van der Waals surface area contributed by atoms with E-state index in [1.165, 1.54) is 6.07 Å². The van der Waals surface area contributed by atoms with Crippen molar-refractivity contribution in [3.8, 4) is 0 Å². The Morgan fingerprint density at radius 3 is 2.53 bits per heavy atom. The van der Waals surface area contributed by atoms with Gasteiger partial charge in [0.25, 0.3) is 0 Å². The van der Waals surface area contributed by atoms with E-state index in [1.807, 2.05) is 36.4 Å². The van der Waals surface area contributed by atoms with Gasteiger partial charge in [0.1, 0.15) is 5.82 Å². The van der Waals surface area contributed by atoms with E-state index in [0.717, 1.165) is 11.3 Å². The van der Waals surface area contributed by atoms with Crippen LogP contribution in [0.1, 0.15) is 11.1 Å². The van der Waals surface area contributed by atoms with Gasteiger partial charge < -0.3 is 5.43 Å². The van der Waals surface area contributed by atoms with Gasteiger partial charge in [0.15, 0.2) is 0 Å². The molecule has 0 fully saturated rings. The zero-order valence-electron chi connectivity index (χ0n) is 9.70. The predicted octanol–water partition coefficient (Wildman–Crippen LogP) is 3.25. The van der Waals surface area contributed by atoms with Crippen LogP contribution >= 0.6 is 0 Å². The maximum absolute atomic E-state index is 13.0. The van der Waals surface area contributed by atoms with Gasteiger partial charge in [-0.05, 0) is 36.2 Å². The highest BCUT2D eigenvalue weighted by Crippen LogP contribution is 2.09. The Labute approximate surface area is 100 Å². The molecule has 0 atom stereocenters. The fraction of sp³-hybridized carbons (Fsp3) is 0.143.